The SMILES string of the molecule is O=C(C[C@@H]1CCCO1)Nc1ccccc1NC(=O)N1CCCC1. The first-order valence-corrected chi connectivity index (χ1v) is 8.29. The molecule has 6 nitrogen and oxygen atoms in total. The number of para-hydroxylation sites is 2. The highest BCUT2D eigenvalue weighted by molar-refractivity contribution is 5.99. The first-order chi connectivity index (χ1) is 11.2. The smallest absolute Gasteiger partial charge is 0.321 e. The van der Waals surface area contributed by atoms with Gasteiger partial charge < -0.3 is 20.3 Å². The Labute approximate surface area is 136 Å². The number of ether oxygens (including phenoxy) is 1. The monoisotopic (exact) mass is 317 g/mol. The summed E-state index contributed by atoms with van der Waals surface area (Å²) < 4.78 is 5.49. The molecule has 2 heterocycles. The van der Waals surface area contributed by atoms with E-state index in [2.05, 4.69) is 10.6 Å². The predicted molar refractivity (Wildman–Crippen MR) is 88.5 cm³/mol. The summed E-state index contributed by atoms with van der Waals surface area (Å²) in [7, 11) is 0. The number of hydrogen-bond acceptors (Lipinski definition) is 3. The summed E-state index contributed by atoms with van der Waals surface area (Å²) in [5.74, 6) is -0.0835. The van der Waals surface area contributed by atoms with E-state index in [1.54, 1.807) is 17.0 Å². The number of hydrogen-bond donors (Lipinski definition) is 2. The van der Waals surface area contributed by atoms with E-state index >= 15 is 0 Å². The maximum absolute atomic E-state index is 12.2. The molecule has 1 atom stereocenters. The lowest BCUT2D eigenvalue weighted by Gasteiger charge is -2.18. The van der Waals surface area contributed by atoms with Gasteiger partial charge in [-0.25, -0.2) is 4.79 Å². The molecular formula is C17H23N3O3. The summed E-state index contributed by atoms with van der Waals surface area (Å²) in [6.07, 6.45) is 4.41. The second-order valence-electron chi connectivity index (χ2n) is 6.06. The Morgan fingerprint density at radius 3 is 2.43 bits per heavy atom. The molecule has 0 spiro atoms. The minimum atomic E-state index is -0.108. The number of anilines is 2. The van der Waals surface area contributed by atoms with Gasteiger partial charge in [0, 0.05) is 19.7 Å². The molecule has 0 bridgehead atoms. The van der Waals surface area contributed by atoms with E-state index in [1.165, 1.54) is 0 Å². The fraction of sp³-hybridized carbons (Fsp3) is 0.529. The van der Waals surface area contributed by atoms with Crippen molar-refractivity contribution < 1.29 is 14.3 Å². The molecule has 0 aromatic heterocycles. The summed E-state index contributed by atoms with van der Waals surface area (Å²) >= 11 is 0. The number of amides is 3. The Morgan fingerprint density at radius 1 is 1.09 bits per heavy atom. The Balaban J connectivity index is 1.60. The molecule has 23 heavy (non-hydrogen) atoms. The Bertz CT molecular complexity index is 564. The van der Waals surface area contributed by atoms with Crippen LogP contribution in [0, 0.1) is 0 Å². The molecule has 3 amide bonds. The molecule has 2 aliphatic rings. The fourth-order valence-electron chi connectivity index (χ4n) is 3.03. The number of benzene rings is 1. The van der Waals surface area contributed by atoms with Gasteiger partial charge in [0.25, 0.3) is 0 Å². The lowest BCUT2D eigenvalue weighted by atomic mass is 10.1. The fourth-order valence-corrected chi connectivity index (χ4v) is 3.03. The van der Waals surface area contributed by atoms with Gasteiger partial charge in [-0.1, -0.05) is 12.1 Å². The predicted octanol–water partition coefficient (Wildman–Crippen LogP) is 2.82. The molecule has 3 rings (SSSR count). The second-order valence-corrected chi connectivity index (χ2v) is 6.06. The largest absolute Gasteiger partial charge is 0.378 e. The van der Waals surface area contributed by atoms with Crippen molar-refractivity contribution in [2.24, 2.45) is 0 Å². The Morgan fingerprint density at radius 2 is 1.78 bits per heavy atom. The van der Waals surface area contributed by atoms with Gasteiger partial charge in [0.1, 0.15) is 0 Å². The number of carbonyl (C=O) groups is 2. The van der Waals surface area contributed by atoms with Crippen LogP contribution in [0.4, 0.5) is 16.2 Å². The van der Waals surface area contributed by atoms with Crippen molar-refractivity contribution in [3.05, 3.63) is 24.3 Å². The topological polar surface area (TPSA) is 70.7 Å². The van der Waals surface area contributed by atoms with Gasteiger partial charge in [-0.15, -0.1) is 0 Å². The molecule has 2 aliphatic heterocycles. The Hall–Kier alpha value is -2.08. The lowest BCUT2D eigenvalue weighted by Crippen LogP contribution is -2.32. The quantitative estimate of drug-likeness (QED) is 0.897. The van der Waals surface area contributed by atoms with E-state index in [1.807, 2.05) is 12.1 Å². The molecule has 1 aromatic rings. The first kappa shape index (κ1) is 15.8. The molecule has 0 saturated carbocycles. The van der Waals surface area contributed by atoms with Gasteiger partial charge >= 0.3 is 6.03 Å². The molecule has 2 N–H and O–H groups in total. The number of nitrogens with zero attached hydrogens (tertiary/aromatic N) is 1. The molecule has 0 aliphatic carbocycles. The van der Waals surface area contributed by atoms with E-state index in [0.717, 1.165) is 45.4 Å². The number of carbonyl (C=O) groups excluding carboxylic acids is 2. The summed E-state index contributed by atoms with van der Waals surface area (Å²) in [4.78, 5) is 26.2. The molecule has 124 valence electrons. The van der Waals surface area contributed by atoms with E-state index in [9.17, 15) is 9.59 Å². The van der Waals surface area contributed by atoms with E-state index in [0.29, 0.717) is 17.8 Å². The average molecular weight is 317 g/mol. The highest BCUT2D eigenvalue weighted by atomic mass is 16.5. The molecular weight excluding hydrogens is 294 g/mol. The molecule has 0 radical (unpaired) electrons. The van der Waals surface area contributed by atoms with Crippen molar-refractivity contribution >= 4 is 23.3 Å². The normalized spacial score (nSPS) is 20.5. The summed E-state index contributed by atoms with van der Waals surface area (Å²) in [5.41, 5.74) is 1.26. The van der Waals surface area contributed by atoms with Crippen molar-refractivity contribution in [2.75, 3.05) is 30.3 Å². The number of nitrogens with one attached hydrogen (secondary N) is 2. The van der Waals surface area contributed by atoms with Gasteiger partial charge in [-0.05, 0) is 37.8 Å². The van der Waals surface area contributed by atoms with Crippen molar-refractivity contribution in [1.82, 2.24) is 4.90 Å². The van der Waals surface area contributed by atoms with Crippen LogP contribution in [0.5, 0.6) is 0 Å². The van der Waals surface area contributed by atoms with Crippen LogP contribution < -0.4 is 10.6 Å². The number of likely N-dealkylation sites (tertiary alicyclic amines) is 1. The minimum absolute atomic E-state index is 0.0151. The zero-order valence-corrected chi connectivity index (χ0v) is 13.2. The van der Waals surface area contributed by atoms with Crippen LogP contribution in [0.3, 0.4) is 0 Å². The van der Waals surface area contributed by atoms with Gasteiger partial charge in [0.15, 0.2) is 0 Å². The third kappa shape index (κ3) is 4.22. The van der Waals surface area contributed by atoms with Gasteiger partial charge in [0.2, 0.25) is 5.91 Å². The average Bonchev–Trinajstić information content (AvgIpc) is 3.22. The Kier molecular flexibility index (Phi) is 5.12. The lowest BCUT2D eigenvalue weighted by molar-refractivity contribution is -0.118. The minimum Gasteiger partial charge on any atom is -0.378 e. The molecule has 0 unspecified atom stereocenters. The zero-order valence-electron chi connectivity index (χ0n) is 13.2. The van der Waals surface area contributed by atoms with Gasteiger partial charge in [-0.3, -0.25) is 4.79 Å². The molecule has 2 fully saturated rings. The van der Waals surface area contributed by atoms with Crippen LogP contribution >= 0.6 is 0 Å². The third-order valence-corrected chi connectivity index (χ3v) is 4.27. The molecule has 6 heteroatoms. The standard InChI is InChI=1S/C17H23N3O3/c21-16(12-13-6-5-11-23-13)18-14-7-1-2-8-15(14)19-17(22)20-9-3-4-10-20/h1-2,7-8,13H,3-6,9-12H2,(H,18,21)(H,19,22)/t13-/m0/s1. The zero-order chi connectivity index (χ0) is 16.1. The highest BCUT2D eigenvalue weighted by Gasteiger charge is 2.21. The summed E-state index contributed by atoms with van der Waals surface area (Å²) in [5, 5.41) is 5.77. The van der Waals surface area contributed by atoms with Crippen molar-refractivity contribution in [2.45, 2.75) is 38.2 Å². The number of rotatable bonds is 4. The summed E-state index contributed by atoms with van der Waals surface area (Å²) in [6, 6.07) is 7.17. The van der Waals surface area contributed by atoms with Gasteiger partial charge in [0.05, 0.1) is 23.9 Å². The summed E-state index contributed by atoms with van der Waals surface area (Å²) in [6.45, 7) is 2.32. The van der Waals surface area contributed by atoms with Crippen LogP contribution in [0.2, 0.25) is 0 Å². The van der Waals surface area contributed by atoms with Crippen LogP contribution in [0.15, 0.2) is 24.3 Å². The van der Waals surface area contributed by atoms with E-state index < -0.39 is 0 Å². The van der Waals surface area contributed by atoms with Crippen LogP contribution in [-0.4, -0.2) is 42.6 Å². The number of urea groups is 1. The van der Waals surface area contributed by atoms with Gasteiger partial charge in [-0.2, -0.15) is 0 Å². The highest BCUT2D eigenvalue weighted by Crippen LogP contribution is 2.23. The molecule has 1 aromatic carbocycles. The van der Waals surface area contributed by atoms with Crippen molar-refractivity contribution in [1.29, 1.82) is 0 Å². The maximum Gasteiger partial charge on any atom is 0.321 e. The molecule has 2 saturated heterocycles. The van der Waals surface area contributed by atoms with Crippen LogP contribution in [0.25, 0.3) is 0 Å². The van der Waals surface area contributed by atoms with E-state index in [4.69, 9.17) is 4.74 Å². The van der Waals surface area contributed by atoms with Crippen molar-refractivity contribution in [3.63, 3.8) is 0 Å². The van der Waals surface area contributed by atoms with Crippen molar-refractivity contribution in [3.8, 4) is 0 Å². The maximum atomic E-state index is 12.2. The first-order valence-electron chi connectivity index (χ1n) is 8.29. The van der Waals surface area contributed by atoms with Crippen LogP contribution in [0.1, 0.15) is 32.1 Å². The second kappa shape index (κ2) is 7.46. The van der Waals surface area contributed by atoms with E-state index in [-0.39, 0.29) is 18.0 Å². The van der Waals surface area contributed by atoms with Crippen LogP contribution in [-0.2, 0) is 9.53 Å². The third-order valence-electron chi connectivity index (χ3n) is 4.27.